The van der Waals surface area contributed by atoms with Crippen LogP contribution in [0.3, 0.4) is 0 Å². The average molecular weight is 425 g/mol. The van der Waals surface area contributed by atoms with E-state index >= 15 is 0 Å². The molecular weight excluding hydrogens is 406 g/mol. The minimum atomic E-state index is -4.12. The fraction of sp³-hybridized carbons (Fsp3) is 0.615. The van der Waals surface area contributed by atoms with Gasteiger partial charge >= 0.3 is 6.18 Å². The number of halogens is 6. The van der Waals surface area contributed by atoms with E-state index in [4.69, 9.17) is 0 Å². The number of hydrogen-bond donors (Lipinski definition) is 1. The van der Waals surface area contributed by atoms with Crippen LogP contribution in [0.4, 0.5) is 13.2 Å². The van der Waals surface area contributed by atoms with E-state index in [-0.39, 0.29) is 37.3 Å². The van der Waals surface area contributed by atoms with E-state index in [1.54, 1.807) is 12.3 Å². The van der Waals surface area contributed by atoms with Crippen molar-refractivity contribution in [2.45, 2.75) is 25.1 Å². The standard InChI is InChI=1S/C13H17BrF3N3.2ClH/c14-12-10(2-1-5-19-12)11(3-4-13(15,16)17)20-8-6-18-7-9-20;;/h1-2,5,11,18H,3-4,6-9H2;2*1H/t11-;;/m1../s1. The molecule has 22 heavy (non-hydrogen) atoms. The summed E-state index contributed by atoms with van der Waals surface area (Å²) >= 11 is 3.35. The summed E-state index contributed by atoms with van der Waals surface area (Å²) in [5.41, 5.74) is 0.832. The van der Waals surface area contributed by atoms with E-state index in [1.165, 1.54) is 0 Å². The Kier molecular flexibility index (Phi) is 9.89. The van der Waals surface area contributed by atoms with Crippen LogP contribution in [-0.2, 0) is 0 Å². The Morgan fingerprint density at radius 2 is 1.91 bits per heavy atom. The van der Waals surface area contributed by atoms with Crippen LogP contribution < -0.4 is 5.32 Å². The zero-order valence-electron chi connectivity index (χ0n) is 11.8. The third-order valence-corrected chi connectivity index (χ3v) is 4.10. The van der Waals surface area contributed by atoms with Gasteiger partial charge in [0.05, 0.1) is 0 Å². The molecule has 1 aliphatic rings. The summed E-state index contributed by atoms with van der Waals surface area (Å²) in [6, 6.07) is 3.37. The molecule has 3 nitrogen and oxygen atoms in total. The summed E-state index contributed by atoms with van der Waals surface area (Å²) in [6.07, 6.45) is -3.20. The number of aromatic nitrogens is 1. The maximum absolute atomic E-state index is 12.5. The third kappa shape index (κ3) is 6.58. The molecule has 0 spiro atoms. The Morgan fingerprint density at radius 3 is 2.45 bits per heavy atom. The van der Waals surface area contributed by atoms with Gasteiger partial charge in [0, 0.05) is 50.4 Å². The third-order valence-electron chi connectivity index (χ3n) is 3.44. The van der Waals surface area contributed by atoms with Crippen LogP contribution in [0.2, 0.25) is 0 Å². The number of piperazine rings is 1. The number of alkyl halides is 3. The molecule has 0 amide bonds. The molecule has 1 atom stereocenters. The van der Waals surface area contributed by atoms with Gasteiger partial charge in [-0.3, -0.25) is 4.90 Å². The molecule has 0 bridgehead atoms. The molecule has 128 valence electrons. The van der Waals surface area contributed by atoms with Gasteiger partial charge in [-0.05, 0) is 28.4 Å². The second kappa shape index (κ2) is 9.93. The largest absolute Gasteiger partial charge is 0.389 e. The number of pyridine rings is 1. The molecule has 2 heterocycles. The van der Waals surface area contributed by atoms with Gasteiger partial charge in [-0.2, -0.15) is 13.2 Å². The Bertz CT molecular complexity index is 443. The number of nitrogens with zero attached hydrogens (tertiary/aromatic N) is 2. The van der Waals surface area contributed by atoms with Gasteiger partial charge in [0.1, 0.15) is 4.60 Å². The monoisotopic (exact) mass is 423 g/mol. The zero-order chi connectivity index (χ0) is 14.6. The van der Waals surface area contributed by atoms with Crippen molar-refractivity contribution in [3.63, 3.8) is 0 Å². The lowest BCUT2D eigenvalue weighted by atomic mass is 10.0. The Hall–Kier alpha value is -0.0800. The first-order valence-corrected chi connectivity index (χ1v) is 7.38. The van der Waals surface area contributed by atoms with Crippen molar-refractivity contribution in [1.29, 1.82) is 0 Å². The van der Waals surface area contributed by atoms with Crippen LogP contribution in [-0.4, -0.2) is 42.2 Å². The lowest BCUT2D eigenvalue weighted by Crippen LogP contribution is -2.45. The van der Waals surface area contributed by atoms with E-state index in [0.717, 1.165) is 31.7 Å². The minimum absolute atomic E-state index is 0. The molecule has 1 fully saturated rings. The first-order valence-electron chi connectivity index (χ1n) is 6.59. The highest BCUT2D eigenvalue weighted by Gasteiger charge is 2.32. The summed E-state index contributed by atoms with van der Waals surface area (Å²) in [5.74, 6) is 0. The molecule has 1 aromatic heterocycles. The van der Waals surface area contributed by atoms with Gasteiger partial charge in [0.15, 0.2) is 0 Å². The van der Waals surface area contributed by atoms with Crippen LogP contribution in [0, 0.1) is 0 Å². The maximum atomic E-state index is 12.5. The molecule has 1 aromatic rings. The van der Waals surface area contributed by atoms with Crippen molar-refractivity contribution in [3.8, 4) is 0 Å². The SMILES string of the molecule is Cl.Cl.FC(F)(F)CC[C@H](c1cccnc1Br)N1CCNCC1. The zero-order valence-corrected chi connectivity index (χ0v) is 15.0. The molecule has 0 aliphatic carbocycles. The maximum Gasteiger partial charge on any atom is 0.389 e. The van der Waals surface area contributed by atoms with Gasteiger partial charge in [-0.1, -0.05) is 6.07 Å². The predicted octanol–water partition coefficient (Wildman–Crippen LogP) is 3.98. The molecule has 1 aliphatic heterocycles. The normalized spacial score (nSPS) is 17.3. The van der Waals surface area contributed by atoms with Gasteiger partial charge in [-0.25, -0.2) is 4.98 Å². The molecule has 1 saturated heterocycles. The van der Waals surface area contributed by atoms with E-state index in [0.29, 0.717) is 4.60 Å². The van der Waals surface area contributed by atoms with Crippen LogP contribution in [0.1, 0.15) is 24.4 Å². The van der Waals surface area contributed by atoms with E-state index in [9.17, 15) is 13.2 Å². The molecule has 0 unspecified atom stereocenters. The number of nitrogens with one attached hydrogen (secondary N) is 1. The molecular formula is C13H19BrCl2F3N3. The first-order chi connectivity index (χ1) is 9.47. The fourth-order valence-electron chi connectivity index (χ4n) is 2.48. The summed E-state index contributed by atoms with van der Waals surface area (Å²) in [4.78, 5) is 6.23. The lowest BCUT2D eigenvalue weighted by molar-refractivity contribution is -0.138. The highest BCUT2D eigenvalue weighted by molar-refractivity contribution is 9.10. The fourth-order valence-corrected chi connectivity index (χ4v) is 2.99. The van der Waals surface area contributed by atoms with E-state index < -0.39 is 12.6 Å². The van der Waals surface area contributed by atoms with Crippen molar-refractivity contribution >= 4 is 40.7 Å². The Morgan fingerprint density at radius 1 is 1.27 bits per heavy atom. The Labute approximate surface area is 149 Å². The van der Waals surface area contributed by atoms with Crippen molar-refractivity contribution in [2.24, 2.45) is 0 Å². The molecule has 0 aromatic carbocycles. The van der Waals surface area contributed by atoms with Crippen LogP contribution in [0.15, 0.2) is 22.9 Å². The van der Waals surface area contributed by atoms with Gasteiger partial charge in [-0.15, -0.1) is 24.8 Å². The topological polar surface area (TPSA) is 28.2 Å². The van der Waals surface area contributed by atoms with Crippen LogP contribution in [0.25, 0.3) is 0 Å². The van der Waals surface area contributed by atoms with Gasteiger partial charge in [0.2, 0.25) is 0 Å². The van der Waals surface area contributed by atoms with E-state index in [1.807, 2.05) is 6.07 Å². The smallest absolute Gasteiger partial charge is 0.314 e. The second-order valence-corrected chi connectivity index (χ2v) is 5.59. The number of rotatable bonds is 4. The summed E-state index contributed by atoms with van der Waals surface area (Å²) < 4.78 is 38.3. The quantitative estimate of drug-likeness (QED) is 0.741. The predicted molar refractivity (Wildman–Crippen MR) is 88.9 cm³/mol. The molecule has 0 saturated carbocycles. The summed E-state index contributed by atoms with van der Waals surface area (Å²) in [7, 11) is 0. The molecule has 2 rings (SSSR count). The van der Waals surface area contributed by atoms with Gasteiger partial charge < -0.3 is 5.32 Å². The van der Waals surface area contributed by atoms with Gasteiger partial charge in [0.25, 0.3) is 0 Å². The van der Waals surface area contributed by atoms with Crippen molar-refractivity contribution in [1.82, 2.24) is 15.2 Å². The minimum Gasteiger partial charge on any atom is -0.314 e. The highest BCUT2D eigenvalue weighted by Crippen LogP contribution is 2.34. The first kappa shape index (κ1) is 21.9. The molecule has 9 heteroatoms. The van der Waals surface area contributed by atoms with Crippen molar-refractivity contribution < 1.29 is 13.2 Å². The van der Waals surface area contributed by atoms with Crippen molar-refractivity contribution in [2.75, 3.05) is 26.2 Å². The highest BCUT2D eigenvalue weighted by atomic mass is 79.9. The summed E-state index contributed by atoms with van der Waals surface area (Å²) in [5, 5.41) is 3.22. The summed E-state index contributed by atoms with van der Waals surface area (Å²) in [6.45, 7) is 3.12. The average Bonchev–Trinajstić information content (AvgIpc) is 2.41. The Balaban J connectivity index is 0.00000220. The van der Waals surface area contributed by atoms with Crippen LogP contribution in [0.5, 0.6) is 0 Å². The van der Waals surface area contributed by atoms with E-state index in [2.05, 4.69) is 31.1 Å². The molecule has 0 radical (unpaired) electrons. The number of hydrogen-bond acceptors (Lipinski definition) is 3. The molecule has 1 N–H and O–H groups in total. The van der Waals surface area contributed by atoms with Crippen molar-refractivity contribution in [3.05, 3.63) is 28.5 Å². The lowest BCUT2D eigenvalue weighted by Gasteiger charge is -2.35. The second-order valence-electron chi connectivity index (χ2n) is 4.84. The van der Waals surface area contributed by atoms with Crippen LogP contribution >= 0.6 is 40.7 Å².